The van der Waals surface area contributed by atoms with Crippen molar-refractivity contribution in [2.75, 3.05) is 0 Å². The van der Waals surface area contributed by atoms with Crippen molar-refractivity contribution in [3.63, 3.8) is 0 Å². The second kappa shape index (κ2) is 6.78. The third-order valence-corrected chi connectivity index (χ3v) is 2.74. The largest absolute Gasteiger partial charge is 0.506 e. The number of hydrogen-bond acceptors (Lipinski definition) is 4. The van der Waals surface area contributed by atoms with Crippen LogP contribution in [0.5, 0.6) is 5.75 Å². The third-order valence-electron chi connectivity index (χ3n) is 2.44. The number of rotatable bonds is 4. The number of nitrogens with zero attached hydrogens (tertiary/aromatic N) is 1. The van der Waals surface area contributed by atoms with Gasteiger partial charge in [0.1, 0.15) is 5.75 Å². The fourth-order valence-corrected chi connectivity index (χ4v) is 1.89. The Bertz CT molecular complexity index is 439. The third kappa shape index (κ3) is 3.73. The molecular formula is C11H16Cl2N2O3. The molecule has 3 N–H and O–H groups in total. The topological polar surface area (TPSA) is 89.4 Å². The summed E-state index contributed by atoms with van der Waals surface area (Å²) in [5, 5.41) is 20.7. The van der Waals surface area contributed by atoms with Crippen LogP contribution in [-0.4, -0.2) is 10.0 Å². The van der Waals surface area contributed by atoms with E-state index < -0.39 is 11.0 Å². The Morgan fingerprint density at radius 3 is 2.50 bits per heavy atom. The van der Waals surface area contributed by atoms with Crippen molar-refractivity contribution in [3.05, 3.63) is 32.8 Å². The molecule has 0 bridgehead atoms. The number of nitro benzene ring substituents is 1. The van der Waals surface area contributed by atoms with Crippen LogP contribution in [-0.2, 0) is 0 Å². The number of nitrogens with two attached hydrogens (primary N) is 1. The first kappa shape index (κ1) is 17.0. The van der Waals surface area contributed by atoms with Crippen molar-refractivity contribution in [2.24, 2.45) is 11.7 Å². The van der Waals surface area contributed by atoms with E-state index in [1.807, 2.05) is 13.8 Å². The maximum Gasteiger partial charge on any atom is 0.277 e. The molecule has 5 nitrogen and oxygen atoms in total. The molecule has 0 heterocycles. The van der Waals surface area contributed by atoms with Crippen molar-refractivity contribution in [1.82, 2.24) is 0 Å². The van der Waals surface area contributed by atoms with Crippen LogP contribution >= 0.6 is 24.0 Å². The van der Waals surface area contributed by atoms with Gasteiger partial charge in [-0.15, -0.1) is 12.4 Å². The van der Waals surface area contributed by atoms with Gasteiger partial charge in [-0.05, 0) is 18.4 Å². The smallest absolute Gasteiger partial charge is 0.277 e. The van der Waals surface area contributed by atoms with E-state index >= 15 is 0 Å². The van der Waals surface area contributed by atoms with Gasteiger partial charge in [-0.25, -0.2) is 0 Å². The lowest BCUT2D eigenvalue weighted by molar-refractivity contribution is -0.385. The van der Waals surface area contributed by atoms with Crippen LogP contribution in [0.1, 0.15) is 31.9 Å². The molecule has 1 rings (SSSR count). The molecule has 0 aliphatic carbocycles. The van der Waals surface area contributed by atoms with Gasteiger partial charge in [-0.2, -0.15) is 0 Å². The SMILES string of the molecule is CC(C)C[C@@H](N)c1c([N+](=O)[O-])ccc(Cl)c1O.Cl. The van der Waals surface area contributed by atoms with Gasteiger partial charge in [0, 0.05) is 12.1 Å². The average molecular weight is 295 g/mol. The highest BCUT2D eigenvalue weighted by atomic mass is 35.5. The Labute approximate surface area is 116 Å². The average Bonchev–Trinajstić information content (AvgIpc) is 2.20. The molecule has 1 atom stereocenters. The second-order valence-electron chi connectivity index (χ2n) is 4.32. The lowest BCUT2D eigenvalue weighted by Crippen LogP contribution is -2.15. The maximum atomic E-state index is 10.9. The van der Waals surface area contributed by atoms with E-state index in [9.17, 15) is 15.2 Å². The molecule has 0 saturated carbocycles. The van der Waals surface area contributed by atoms with E-state index in [0.717, 1.165) is 0 Å². The Morgan fingerprint density at radius 2 is 2.06 bits per heavy atom. The summed E-state index contributed by atoms with van der Waals surface area (Å²) in [7, 11) is 0. The van der Waals surface area contributed by atoms with Gasteiger partial charge in [0.25, 0.3) is 5.69 Å². The predicted octanol–water partition coefficient (Wildman–Crippen LogP) is 3.42. The highest BCUT2D eigenvalue weighted by molar-refractivity contribution is 6.32. The van der Waals surface area contributed by atoms with Crippen molar-refractivity contribution < 1.29 is 10.0 Å². The van der Waals surface area contributed by atoms with Crippen molar-refractivity contribution in [2.45, 2.75) is 26.3 Å². The fourth-order valence-electron chi connectivity index (χ4n) is 1.72. The summed E-state index contributed by atoms with van der Waals surface area (Å²) in [6.07, 6.45) is 0.536. The van der Waals surface area contributed by atoms with Crippen LogP contribution < -0.4 is 5.73 Å². The minimum absolute atomic E-state index is 0. The highest BCUT2D eigenvalue weighted by Gasteiger charge is 2.25. The number of hydrogen-bond donors (Lipinski definition) is 2. The van der Waals surface area contributed by atoms with Crippen LogP contribution in [0.2, 0.25) is 5.02 Å². The fraction of sp³-hybridized carbons (Fsp3) is 0.455. The normalized spacial score (nSPS) is 12.1. The van der Waals surface area contributed by atoms with Crippen LogP contribution in [0.15, 0.2) is 12.1 Å². The highest BCUT2D eigenvalue weighted by Crippen LogP contribution is 2.39. The van der Waals surface area contributed by atoms with Crippen LogP contribution in [0.4, 0.5) is 5.69 Å². The molecule has 18 heavy (non-hydrogen) atoms. The van der Waals surface area contributed by atoms with Gasteiger partial charge >= 0.3 is 0 Å². The first-order valence-electron chi connectivity index (χ1n) is 5.26. The molecule has 102 valence electrons. The minimum atomic E-state index is -0.603. The van der Waals surface area contributed by atoms with Gasteiger partial charge in [0.2, 0.25) is 0 Å². The zero-order valence-corrected chi connectivity index (χ0v) is 11.7. The van der Waals surface area contributed by atoms with E-state index in [1.54, 1.807) is 0 Å². The maximum absolute atomic E-state index is 10.9. The van der Waals surface area contributed by atoms with Gasteiger partial charge in [-0.3, -0.25) is 10.1 Å². The summed E-state index contributed by atoms with van der Waals surface area (Å²) in [6, 6.07) is 1.95. The molecule has 0 aromatic heterocycles. The second-order valence-corrected chi connectivity index (χ2v) is 4.73. The van der Waals surface area contributed by atoms with Crippen LogP contribution in [0.3, 0.4) is 0 Å². The standard InChI is InChI=1S/C11H15ClN2O3.ClH/c1-6(2)5-8(13)10-9(14(16)17)4-3-7(12)11(10)15;/h3-4,6,8,15H,5,13H2,1-2H3;1H/t8-;/m1./s1. The number of nitro groups is 1. The first-order valence-corrected chi connectivity index (χ1v) is 5.63. The molecule has 0 fully saturated rings. The van der Waals surface area contributed by atoms with Gasteiger partial charge in [-0.1, -0.05) is 25.4 Å². The monoisotopic (exact) mass is 294 g/mol. The summed E-state index contributed by atoms with van der Waals surface area (Å²) >= 11 is 5.74. The Hall–Kier alpha value is -1.04. The molecule has 1 aromatic rings. The predicted molar refractivity (Wildman–Crippen MR) is 73.4 cm³/mol. The van der Waals surface area contributed by atoms with Crippen molar-refractivity contribution in [1.29, 1.82) is 0 Å². The number of aromatic hydroxyl groups is 1. The first-order chi connectivity index (χ1) is 7.84. The molecule has 0 saturated heterocycles. The summed E-state index contributed by atoms with van der Waals surface area (Å²) in [5.74, 6) is -0.0306. The molecule has 7 heteroatoms. The van der Waals surface area contributed by atoms with E-state index in [2.05, 4.69) is 0 Å². The van der Waals surface area contributed by atoms with Crippen LogP contribution in [0, 0.1) is 16.0 Å². The zero-order valence-electron chi connectivity index (χ0n) is 10.1. The number of halogens is 2. The number of benzene rings is 1. The number of phenols is 1. The van der Waals surface area contributed by atoms with Crippen molar-refractivity contribution in [3.8, 4) is 5.75 Å². The Balaban J connectivity index is 0.00000289. The lowest BCUT2D eigenvalue weighted by atomic mass is 9.96. The molecule has 1 aromatic carbocycles. The summed E-state index contributed by atoms with van der Waals surface area (Å²) < 4.78 is 0. The lowest BCUT2D eigenvalue weighted by Gasteiger charge is -2.16. The van der Waals surface area contributed by atoms with E-state index in [4.69, 9.17) is 17.3 Å². The molecule has 0 spiro atoms. The van der Waals surface area contributed by atoms with Gasteiger partial charge in [0.05, 0.1) is 15.5 Å². The molecule has 0 amide bonds. The zero-order chi connectivity index (χ0) is 13.2. The summed E-state index contributed by atoms with van der Waals surface area (Å²) in [4.78, 5) is 10.3. The van der Waals surface area contributed by atoms with E-state index in [-0.39, 0.29) is 40.3 Å². The quantitative estimate of drug-likeness (QED) is 0.658. The van der Waals surface area contributed by atoms with Crippen LogP contribution in [0.25, 0.3) is 0 Å². The Morgan fingerprint density at radius 1 is 1.50 bits per heavy atom. The van der Waals surface area contributed by atoms with E-state index in [1.165, 1.54) is 12.1 Å². The van der Waals surface area contributed by atoms with Gasteiger partial charge in [0.15, 0.2) is 0 Å². The molecule has 0 unspecified atom stereocenters. The minimum Gasteiger partial charge on any atom is -0.506 e. The number of phenolic OH excluding ortho intramolecular Hbond substituents is 1. The van der Waals surface area contributed by atoms with E-state index in [0.29, 0.717) is 6.42 Å². The summed E-state index contributed by atoms with van der Waals surface area (Å²) in [6.45, 7) is 3.90. The molecule has 0 aliphatic rings. The van der Waals surface area contributed by atoms with Crippen molar-refractivity contribution >= 4 is 29.7 Å². The molecule has 0 aliphatic heterocycles. The molecular weight excluding hydrogens is 279 g/mol. The van der Waals surface area contributed by atoms with Gasteiger partial charge < -0.3 is 10.8 Å². The summed E-state index contributed by atoms with van der Waals surface area (Å²) in [5.41, 5.74) is 5.79. The molecule has 0 radical (unpaired) electrons. The Kier molecular flexibility index (Phi) is 6.38.